The maximum Gasteiger partial charge on any atom is -1.00 e. The van der Waals surface area contributed by atoms with E-state index >= 15 is 0 Å². The van der Waals surface area contributed by atoms with Gasteiger partial charge in [-0.05, 0) is 0 Å². The largest absolute Gasteiger partial charge is 1.00 e. The number of allylic oxidation sites excluding steroid dienone is 4. The van der Waals surface area contributed by atoms with Crippen LogP contribution in [0.5, 0.6) is 0 Å². The van der Waals surface area contributed by atoms with E-state index in [-0.39, 0.29) is 35.8 Å². The zero-order valence-electron chi connectivity index (χ0n) is 50.6. The molecular weight excluding hydrogens is 1300 g/mol. The Morgan fingerprint density at radius 3 is 0.608 bits per heavy atom. The van der Waals surface area contributed by atoms with E-state index in [1.807, 2.05) is 0 Å². The van der Waals surface area contributed by atoms with Gasteiger partial charge in [-0.15, -0.1) is 0 Å². The molecule has 4 aromatic carbocycles. The van der Waals surface area contributed by atoms with Gasteiger partial charge in [0.1, 0.15) is 0 Å². The number of hydrogen-bond acceptors (Lipinski definition) is 0. The van der Waals surface area contributed by atoms with E-state index in [1.54, 1.807) is 111 Å². The molecule has 0 amide bonds. The van der Waals surface area contributed by atoms with Crippen molar-refractivity contribution < 1.29 is 64.9 Å². The van der Waals surface area contributed by atoms with Crippen LogP contribution >= 0.6 is 0 Å². The maximum absolute atomic E-state index is 2.66. The molecule has 8 rings (SSSR count). The molecule has 0 saturated carbocycles. The monoisotopic (exact) mass is 1400 g/mol. The van der Waals surface area contributed by atoms with E-state index in [4.69, 9.17) is 0 Å². The van der Waals surface area contributed by atoms with Gasteiger partial charge in [-0.25, -0.2) is 0 Å². The number of rotatable bonds is 12. The Kier molecular flexibility index (Phi) is 21.7. The number of hydrogen-bond donors (Lipinski definition) is 0. The van der Waals surface area contributed by atoms with E-state index in [1.165, 1.54) is 0 Å². The third kappa shape index (κ3) is 12.3. The van der Waals surface area contributed by atoms with E-state index in [9.17, 15) is 0 Å². The van der Waals surface area contributed by atoms with Gasteiger partial charge < -0.3 is 24.8 Å². The minimum absolute atomic E-state index is 0. The average Bonchev–Trinajstić information content (AvgIpc) is 4.01. The van der Waals surface area contributed by atoms with E-state index < -0.39 is 40.1 Å². The van der Waals surface area contributed by atoms with Gasteiger partial charge in [0.15, 0.2) is 0 Å². The first-order chi connectivity index (χ1) is 33.7. The van der Waals surface area contributed by atoms with Crippen LogP contribution in [0.3, 0.4) is 0 Å². The van der Waals surface area contributed by atoms with Crippen molar-refractivity contribution >= 4 is 35.3 Å². The Hall–Kier alpha value is -1.41. The van der Waals surface area contributed by atoms with Crippen molar-refractivity contribution in [2.24, 2.45) is 0 Å². The first-order valence-electron chi connectivity index (χ1n) is 28.4. The Bertz CT molecular complexity index is 2580. The molecule has 74 heavy (non-hydrogen) atoms. The number of fused-ring (bicyclic) bond motifs is 4. The van der Waals surface area contributed by atoms with Crippen molar-refractivity contribution in [3.8, 4) is 0 Å². The summed E-state index contributed by atoms with van der Waals surface area (Å²) in [7, 11) is 0. The van der Waals surface area contributed by atoms with Gasteiger partial charge >= 0.3 is 462 Å². The van der Waals surface area contributed by atoms with Crippen LogP contribution in [-0.4, -0.2) is 11.0 Å². The molecule has 0 radical (unpaired) electrons. The summed E-state index contributed by atoms with van der Waals surface area (Å²) in [6.45, 7) is 58.5. The second-order valence-corrected chi connectivity index (χ2v) is 75.7. The summed E-state index contributed by atoms with van der Waals surface area (Å²) in [5.74, 6) is 4.58. The van der Waals surface area contributed by atoms with Crippen LogP contribution in [0, 0.1) is 0 Å². The minimum atomic E-state index is -2.25. The van der Waals surface area contributed by atoms with Crippen LogP contribution in [0.4, 0.5) is 0 Å². The van der Waals surface area contributed by atoms with Crippen molar-refractivity contribution in [2.75, 3.05) is 0 Å². The summed E-state index contributed by atoms with van der Waals surface area (Å²) in [6.07, 6.45) is 10.4. The Morgan fingerprint density at radius 2 is 0.473 bits per heavy atom. The summed E-state index contributed by atoms with van der Waals surface area (Å²) >= 11 is -4.51. The molecule has 6 heteroatoms. The molecule has 4 atom stereocenters. The molecule has 4 aliphatic rings. The zero-order chi connectivity index (χ0) is 53.3. The maximum atomic E-state index is 2.66. The van der Waals surface area contributed by atoms with E-state index in [0.29, 0.717) is 47.3 Å². The quantitative estimate of drug-likeness (QED) is 0.124. The molecule has 0 fully saturated rings. The van der Waals surface area contributed by atoms with Crippen LogP contribution in [0.15, 0.2) is 70.8 Å². The molecule has 0 aliphatic heterocycles. The minimum Gasteiger partial charge on any atom is -1.00 e. The van der Waals surface area contributed by atoms with Crippen molar-refractivity contribution in [3.05, 3.63) is 160 Å². The second kappa shape index (κ2) is 25.4. The number of benzene rings is 4. The van der Waals surface area contributed by atoms with Crippen molar-refractivity contribution in [3.63, 3.8) is 0 Å². The fraction of sp³-hybridized carbons (Fsp3) is 0.529. The summed E-state index contributed by atoms with van der Waals surface area (Å²) in [5, 5.41) is 0. The van der Waals surface area contributed by atoms with Gasteiger partial charge in [0.25, 0.3) is 0 Å². The fourth-order valence-corrected chi connectivity index (χ4v) is 71.8. The Labute approximate surface area is 482 Å². The first-order valence-corrected chi connectivity index (χ1v) is 52.5. The fourth-order valence-electron chi connectivity index (χ4n) is 13.1. The topological polar surface area (TPSA) is 0 Å². The molecule has 4 aliphatic carbocycles. The predicted molar refractivity (Wildman–Crippen MR) is 319 cm³/mol. The molecule has 0 nitrogen and oxygen atoms in total. The summed E-state index contributed by atoms with van der Waals surface area (Å²) in [5.41, 5.74) is 31.6. The second-order valence-electron chi connectivity index (χ2n) is 25.9. The zero-order valence-corrected chi connectivity index (χ0v) is 61.3. The summed E-state index contributed by atoms with van der Waals surface area (Å²) in [6, 6.07) is 20.6. The first kappa shape index (κ1) is 63.4. The van der Waals surface area contributed by atoms with Gasteiger partial charge in [-0.2, -0.15) is 0 Å². The molecule has 400 valence electrons. The van der Waals surface area contributed by atoms with Crippen LogP contribution < -0.4 is 24.8 Å². The summed E-state index contributed by atoms with van der Waals surface area (Å²) < 4.78 is 2.92. The van der Waals surface area contributed by atoms with Crippen LogP contribution in [0.25, 0.3) is 24.3 Å². The third-order valence-corrected chi connectivity index (χ3v) is 73.8. The van der Waals surface area contributed by atoms with Crippen molar-refractivity contribution in [2.45, 2.75) is 227 Å². The molecule has 0 bridgehead atoms. The van der Waals surface area contributed by atoms with Gasteiger partial charge in [0.05, 0.1) is 0 Å². The molecule has 4 unspecified atom stereocenters. The molecule has 0 saturated heterocycles. The van der Waals surface area contributed by atoms with Crippen LogP contribution in [0.1, 0.15) is 290 Å². The molecular formula is C68H96Cl2Hf2Si2-2. The SMILES string of the molecule is CC1=Cc2c(C(C)C)cc(C(C)C)cc2[CH]1[Hf]([CH]1C(C)=Cc2c(C(C)C)cc(C(C)C)cc21)=[Si](C)C.CC1=Cc2c(C(C)C)cc(C(C)C)cc2[CH]1[Hf]([CH]1C(C)=Cc2c(C(C)C)cc(C(C)C)cc21)=[Si](C)C.[Cl-].[Cl-]. The normalized spacial score (nSPS) is 18.3. The van der Waals surface area contributed by atoms with Crippen LogP contribution in [0.2, 0.25) is 26.2 Å². The Balaban J connectivity index is 0.000000267. The van der Waals surface area contributed by atoms with Gasteiger partial charge in [0.2, 0.25) is 0 Å². The third-order valence-electron chi connectivity index (χ3n) is 17.2. The molecule has 0 N–H and O–H groups in total. The van der Waals surface area contributed by atoms with Crippen molar-refractivity contribution in [1.82, 2.24) is 0 Å². The average molecular weight is 1400 g/mol. The Morgan fingerprint density at radius 1 is 0.297 bits per heavy atom. The van der Waals surface area contributed by atoms with Gasteiger partial charge in [0, 0.05) is 0 Å². The number of halogens is 2. The molecule has 4 aromatic rings. The summed E-state index contributed by atoms with van der Waals surface area (Å²) in [4.78, 5) is 0. The standard InChI is InChI=1S/4C16H21.2C2H6Si.2ClH.2Hf/c4*1-10(2)13-8-14-6-12(5)7-16(14)15(9-13)11(3)4;2*1-3-2;;;;/h4*6-11H,1-5H3;2*1-2H3;2*1H;;/p-2. The molecule has 0 heterocycles. The van der Waals surface area contributed by atoms with Crippen molar-refractivity contribution in [1.29, 1.82) is 0 Å². The van der Waals surface area contributed by atoms with Crippen LogP contribution in [-0.2, 0) is 40.1 Å². The smallest absolute Gasteiger partial charge is 1.00 e. The predicted octanol–water partition coefficient (Wildman–Crippen LogP) is 15.3. The van der Waals surface area contributed by atoms with Gasteiger partial charge in [-0.3, -0.25) is 0 Å². The van der Waals surface area contributed by atoms with Gasteiger partial charge in [-0.1, -0.05) is 0 Å². The molecule has 0 aromatic heterocycles. The molecule has 0 spiro atoms. The van der Waals surface area contributed by atoms with E-state index in [0.717, 1.165) is 14.7 Å². The van der Waals surface area contributed by atoms with E-state index in [2.05, 4.69) is 237 Å².